The molecule has 0 saturated carbocycles. The van der Waals surface area contributed by atoms with Crippen molar-refractivity contribution in [2.75, 3.05) is 5.32 Å². The zero-order valence-electron chi connectivity index (χ0n) is 14.4. The van der Waals surface area contributed by atoms with Crippen molar-refractivity contribution in [3.05, 3.63) is 57.0 Å². The maximum Gasteiger partial charge on any atom is 0.267 e. The van der Waals surface area contributed by atoms with E-state index in [9.17, 15) is 9.59 Å². The van der Waals surface area contributed by atoms with Crippen molar-refractivity contribution in [1.29, 1.82) is 0 Å². The standard InChI is InChI=1S/C19H23N3O2/c1-12-4-6-16(14(3)8-12)20-18(23)11-22-19(24)10-15-9-13(2)5-7-17(15)21-22/h4,6,8,10,13H,5,7,9,11H2,1-3H3,(H,20,23). The van der Waals surface area contributed by atoms with Gasteiger partial charge in [0.2, 0.25) is 5.91 Å². The van der Waals surface area contributed by atoms with Gasteiger partial charge in [-0.1, -0.05) is 24.6 Å². The molecule has 1 amide bonds. The van der Waals surface area contributed by atoms with E-state index in [0.717, 1.165) is 47.3 Å². The van der Waals surface area contributed by atoms with Crippen LogP contribution in [0.2, 0.25) is 0 Å². The highest BCUT2D eigenvalue weighted by Crippen LogP contribution is 2.22. The summed E-state index contributed by atoms with van der Waals surface area (Å²) in [5.41, 5.74) is 4.69. The van der Waals surface area contributed by atoms with Gasteiger partial charge in [-0.15, -0.1) is 0 Å². The predicted octanol–water partition coefficient (Wildman–Crippen LogP) is 2.62. The third-order valence-corrected chi connectivity index (χ3v) is 4.56. The first-order valence-corrected chi connectivity index (χ1v) is 8.39. The molecule has 0 fully saturated rings. The molecule has 1 aromatic carbocycles. The summed E-state index contributed by atoms with van der Waals surface area (Å²) < 4.78 is 1.27. The maximum atomic E-state index is 12.3. The van der Waals surface area contributed by atoms with Crippen LogP contribution in [0.4, 0.5) is 5.69 Å². The SMILES string of the molecule is Cc1ccc(NC(=O)Cn2nc3c(cc2=O)CC(C)CC3)c(C)c1. The van der Waals surface area contributed by atoms with Crippen LogP contribution in [-0.4, -0.2) is 15.7 Å². The Morgan fingerprint density at radius 1 is 1.33 bits per heavy atom. The van der Waals surface area contributed by atoms with E-state index in [2.05, 4.69) is 17.3 Å². The first kappa shape index (κ1) is 16.4. The van der Waals surface area contributed by atoms with Crippen LogP contribution < -0.4 is 10.9 Å². The molecule has 1 aromatic heterocycles. The number of carbonyl (C=O) groups excluding carboxylic acids is 1. The number of nitrogens with one attached hydrogen (secondary N) is 1. The Hall–Kier alpha value is -2.43. The number of anilines is 1. The number of carbonyl (C=O) groups is 1. The van der Waals surface area contributed by atoms with Gasteiger partial charge in [-0.2, -0.15) is 5.10 Å². The lowest BCUT2D eigenvalue weighted by Crippen LogP contribution is -2.32. The van der Waals surface area contributed by atoms with Gasteiger partial charge in [-0.3, -0.25) is 9.59 Å². The molecule has 0 aliphatic heterocycles. The second-order valence-electron chi connectivity index (χ2n) is 6.83. The van der Waals surface area contributed by atoms with E-state index in [1.807, 2.05) is 32.0 Å². The van der Waals surface area contributed by atoms with E-state index >= 15 is 0 Å². The molecule has 1 unspecified atom stereocenters. The van der Waals surface area contributed by atoms with Crippen molar-refractivity contribution in [2.24, 2.45) is 5.92 Å². The highest BCUT2D eigenvalue weighted by atomic mass is 16.2. The number of hydrogen-bond donors (Lipinski definition) is 1. The maximum absolute atomic E-state index is 12.3. The van der Waals surface area contributed by atoms with Crippen LogP contribution in [-0.2, 0) is 24.2 Å². The Labute approximate surface area is 141 Å². The number of amides is 1. The predicted molar refractivity (Wildman–Crippen MR) is 94.2 cm³/mol. The van der Waals surface area contributed by atoms with E-state index in [-0.39, 0.29) is 18.0 Å². The smallest absolute Gasteiger partial charge is 0.267 e. The second-order valence-corrected chi connectivity index (χ2v) is 6.83. The van der Waals surface area contributed by atoms with E-state index in [1.165, 1.54) is 4.68 Å². The Morgan fingerprint density at radius 3 is 2.88 bits per heavy atom. The van der Waals surface area contributed by atoms with Crippen LogP contribution in [0.3, 0.4) is 0 Å². The number of hydrogen-bond acceptors (Lipinski definition) is 3. The summed E-state index contributed by atoms with van der Waals surface area (Å²) in [5.74, 6) is 0.350. The summed E-state index contributed by atoms with van der Waals surface area (Å²) in [6, 6.07) is 7.49. The third-order valence-electron chi connectivity index (χ3n) is 4.56. The average molecular weight is 325 g/mol. The Bertz CT molecular complexity index is 839. The minimum Gasteiger partial charge on any atom is -0.324 e. The van der Waals surface area contributed by atoms with Gasteiger partial charge >= 0.3 is 0 Å². The Balaban J connectivity index is 1.76. The van der Waals surface area contributed by atoms with Gasteiger partial charge in [0.25, 0.3) is 5.56 Å². The highest BCUT2D eigenvalue weighted by molar-refractivity contribution is 5.91. The second kappa shape index (κ2) is 6.59. The van der Waals surface area contributed by atoms with Crippen molar-refractivity contribution in [3.63, 3.8) is 0 Å². The minimum atomic E-state index is -0.235. The molecule has 0 radical (unpaired) electrons. The number of aryl methyl sites for hydroxylation is 3. The Morgan fingerprint density at radius 2 is 2.12 bits per heavy atom. The number of nitrogens with zero attached hydrogens (tertiary/aromatic N) is 2. The largest absolute Gasteiger partial charge is 0.324 e. The molecule has 1 aliphatic carbocycles. The van der Waals surface area contributed by atoms with Crippen LogP contribution in [0.5, 0.6) is 0 Å². The van der Waals surface area contributed by atoms with Gasteiger partial charge in [0.15, 0.2) is 0 Å². The molecular formula is C19H23N3O2. The zero-order valence-corrected chi connectivity index (χ0v) is 14.4. The van der Waals surface area contributed by atoms with Crippen molar-refractivity contribution >= 4 is 11.6 Å². The van der Waals surface area contributed by atoms with Crippen LogP contribution in [0.15, 0.2) is 29.1 Å². The molecule has 2 aromatic rings. The molecule has 1 atom stereocenters. The summed E-state index contributed by atoms with van der Waals surface area (Å²) in [6.45, 7) is 6.09. The number of rotatable bonds is 3. The summed E-state index contributed by atoms with van der Waals surface area (Å²) >= 11 is 0. The van der Waals surface area contributed by atoms with E-state index in [0.29, 0.717) is 5.92 Å². The van der Waals surface area contributed by atoms with Crippen molar-refractivity contribution < 1.29 is 4.79 Å². The summed E-state index contributed by atoms with van der Waals surface area (Å²) in [5, 5.41) is 7.27. The Kier molecular flexibility index (Phi) is 4.51. The molecule has 5 heteroatoms. The molecule has 1 N–H and O–H groups in total. The lowest BCUT2D eigenvalue weighted by atomic mass is 9.88. The minimum absolute atomic E-state index is 0.0605. The topological polar surface area (TPSA) is 64.0 Å². The molecule has 5 nitrogen and oxygen atoms in total. The van der Waals surface area contributed by atoms with Gasteiger partial charge < -0.3 is 5.32 Å². The number of benzene rings is 1. The van der Waals surface area contributed by atoms with Crippen LogP contribution in [0.25, 0.3) is 0 Å². The van der Waals surface area contributed by atoms with Crippen LogP contribution >= 0.6 is 0 Å². The third kappa shape index (κ3) is 3.55. The van der Waals surface area contributed by atoms with Crippen molar-refractivity contribution in [2.45, 2.75) is 46.6 Å². The molecule has 3 rings (SSSR count). The summed E-state index contributed by atoms with van der Waals surface area (Å²) in [7, 11) is 0. The van der Waals surface area contributed by atoms with Gasteiger partial charge in [-0.25, -0.2) is 4.68 Å². The average Bonchev–Trinajstić information content (AvgIpc) is 2.51. The van der Waals surface area contributed by atoms with Gasteiger partial charge in [0, 0.05) is 11.8 Å². The number of aromatic nitrogens is 2. The van der Waals surface area contributed by atoms with Gasteiger partial charge in [0.1, 0.15) is 6.54 Å². The molecule has 0 spiro atoms. The normalized spacial score (nSPS) is 16.5. The first-order chi connectivity index (χ1) is 11.4. The van der Waals surface area contributed by atoms with E-state index in [1.54, 1.807) is 6.07 Å². The molecule has 1 heterocycles. The van der Waals surface area contributed by atoms with Crippen molar-refractivity contribution in [1.82, 2.24) is 9.78 Å². The molecule has 0 saturated heterocycles. The quantitative estimate of drug-likeness (QED) is 0.943. The highest BCUT2D eigenvalue weighted by Gasteiger charge is 2.19. The lowest BCUT2D eigenvalue weighted by Gasteiger charge is -2.20. The fourth-order valence-electron chi connectivity index (χ4n) is 3.21. The van der Waals surface area contributed by atoms with E-state index < -0.39 is 0 Å². The fraction of sp³-hybridized carbons (Fsp3) is 0.421. The zero-order chi connectivity index (χ0) is 17.3. The summed E-state index contributed by atoms with van der Waals surface area (Å²) in [4.78, 5) is 24.5. The molecule has 24 heavy (non-hydrogen) atoms. The first-order valence-electron chi connectivity index (χ1n) is 8.39. The monoisotopic (exact) mass is 325 g/mol. The van der Waals surface area contributed by atoms with Crippen LogP contribution in [0.1, 0.15) is 35.7 Å². The molecule has 126 valence electrons. The van der Waals surface area contributed by atoms with E-state index in [4.69, 9.17) is 0 Å². The molecular weight excluding hydrogens is 302 g/mol. The molecule has 0 bridgehead atoms. The van der Waals surface area contributed by atoms with Gasteiger partial charge in [-0.05, 0) is 56.2 Å². The number of fused-ring (bicyclic) bond motifs is 1. The van der Waals surface area contributed by atoms with Crippen molar-refractivity contribution in [3.8, 4) is 0 Å². The fourth-order valence-corrected chi connectivity index (χ4v) is 3.21. The lowest BCUT2D eigenvalue weighted by molar-refractivity contribution is -0.117. The summed E-state index contributed by atoms with van der Waals surface area (Å²) in [6.07, 6.45) is 2.84. The molecule has 1 aliphatic rings. The van der Waals surface area contributed by atoms with Gasteiger partial charge in [0.05, 0.1) is 5.69 Å². The van der Waals surface area contributed by atoms with Crippen LogP contribution in [0, 0.1) is 19.8 Å².